The van der Waals surface area contributed by atoms with Gasteiger partial charge in [-0.3, -0.25) is 9.82 Å². The molecule has 22 heavy (non-hydrogen) atoms. The Hall–Kier alpha value is -1.84. The van der Waals surface area contributed by atoms with E-state index < -0.39 is 15.8 Å². The highest BCUT2D eigenvalue weighted by Crippen LogP contribution is 2.34. The highest BCUT2D eigenvalue weighted by Gasteiger charge is 2.22. The van der Waals surface area contributed by atoms with Crippen molar-refractivity contribution >= 4 is 49.7 Å². The lowest BCUT2D eigenvalue weighted by atomic mass is 10.2. The number of nitrogens with zero attached hydrogens (tertiary/aromatic N) is 1. The molecule has 6 nitrogen and oxygen atoms in total. The Bertz CT molecular complexity index is 952. The SMILES string of the molecule is COc1ccc(F)c2[nH]nc(NS(=O)(=O)c3ccc(Cl)s3)c12. The molecule has 0 atom stereocenters. The number of H-pyrrole nitrogens is 1. The number of aromatic amines is 1. The third kappa shape index (κ3) is 2.51. The van der Waals surface area contributed by atoms with Crippen LogP contribution in [0.2, 0.25) is 4.34 Å². The summed E-state index contributed by atoms with van der Waals surface area (Å²) >= 11 is 6.65. The van der Waals surface area contributed by atoms with E-state index in [0.717, 1.165) is 11.3 Å². The van der Waals surface area contributed by atoms with Gasteiger partial charge in [-0.1, -0.05) is 11.6 Å². The number of rotatable bonds is 4. The summed E-state index contributed by atoms with van der Waals surface area (Å²) in [7, 11) is -2.47. The number of halogens is 2. The van der Waals surface area contributed by atoms with Gasteiger partial charge < -0.3 is 4.74 Å². The van der Waals surface area contributed by atoms with Crippen LogP contribution in [0, 0.1) is 5.82 Å². The molecule has 0 spiro atoms. The van der Waals surface area contributed by atoms with Gasteiger partial charge in [-0.05, 0) is 24.3 Å². The molecule has 0 amide bonds. The van der Waals surface area contributed by atoms with Crippen LogP contribution in [0.15, 0.2) is 28.5 Å². The molecule has 0 unspecified atom stereocenters. The van der Waals surface area contributed by atoms with E-state index in [2.05, 4.69) is 14.9 Å². The summed E-state index contributed by atoms with van der Waals surface area (Å²) in [4.78, 5) is 0. The summed E-state index contributed by atoms with van der Waals surface area (Å²) in [5.41, 5.74) is 0.0567. The van der Waals surface area contributed by atoms with Gasteiger partial charge in [0.25, 0.3) is 10.0 Å². The van der Waals surface area contributed by atoms with Crippen molar-refractivity contribution in [3.05, 3.63) is 34.4 Å². The highest BCUT2D eigenvalue weighted by atomic mass is 35.5. The minimum absolute atomic E-state index is 0.0315. The second-order valence-corrected chi connectivity index (χ2v) is 7.86. The standard InChI is InChI=1S/C12H9ClFN3O3S2/c1-20-7-3-2-6(14)11-10(7)12(16-15-11)17-22(18,19)9-5-4-8(13)21-9/h2-5H,1H3,(H2,15,16,17). The van der Waals surface area contributed by atoms with Crippen molar-refractivity contribution in [2.45, 2.75) is 4.21 Å². The van der Waals surface area contributed by atoms with Gasteiger partial charge in [-0.2, -0.15) is 5.10 Å². The summed E-state index contributed by atoms with van der Waals surface area (Å²) in [5, 5.41) is 6.49. The Morgan fingerprint density at radius 1 is 1.36 bits per heavy atom. The average Bonchev–Trinajstić information content (AvgIpc) is 3.07. The zero-order chi connectivity index (χ0) is 15.9. The number of anilines is 1. The van der Waals surface area contributed by atoms with Gasteiger partial charge in [0, 0.05) is 0 Å². The van der Waals surface area contributed by atoms with Crippen molar-refractivity contribution in [1.29, 1.82) is 0 Å². The maximum absolute atomic E-state index is 13.8. The second kappa shape index (κ2) is 5.41. The normalized spacial score (nSPS) is 11.8. The van der Waals surface area contributed by atoms with Crippen LogP contribution < -0.4 is 9.46 Å². The molecule has 0 aliphatic rings. The third-order valence-corrected chi connectivity index (χ3v) is 5.96. The Morgan fingerprint density at radius 3 is 2.77 bits per heavy atom. The van der Waals surface area contributed by atoms with Crippen molar-refractivity contribution < 1.29 is 17.5 Å². The van der Waals surface area contributed by atoms with E-state index in [1.54, 1.807) is 0 Å². The van der Waals surface area contributed by atoms with Gasteiger partial charge >= 0.3 is 0 Å². The Labute approximate surface area is 133 Å². The lowest BCUT2D eigenvalue weighted by molar-refractivity contribution is 0.419. The minimum atomic E-state index is -3.87. The van der Waals surface area contributed by atoms with Crippen LogP contribution in [0.4, 0.5) is 10.2 Å². The van der Waals surface area contributed by atoms with Gasteiger partial charge in [-0.25, -0.2) is 12.8 Å². The number of sulfonamides is 1. The molecule has 3 aromatic rings. The number of thiophene rings is 1. The summed E-state index contributed by atoms with van der Waals surface area (Å²) < 4.78 is 46.2. The van der Waals surface area contributed by atoms with E-state index in [0.29, 0.717) is 10.1 Å². The highest BCUT2D eigenvalue weighted by molar-refractivity contribution is 7.94. The van der Waals surface area contributed by atoms with Crippen LogP contribution in [0.3, 0.4) is 0 Å². The van der Waals surface area contributed by atoms with Crippen LogP contribution in [0.25, 0.3) is 10.9 Å². The predicted molar refractivity (Wildman–Crippen MR) is 82.7 cm³/mol. The van der Waals surface area contributed by atoms with Crippen molar-refractivity contribution in [3.63, 3.8) is 0 Å². The van der Waals surface area contributed by atoms with Crippen LogP contribution >= 0.6 is 22.9 Å². The summed E-state index contributed by atoms with van der Waals surface area (Å²) in [5.74, 6) is -0.309. The molecular formula is C12H9ClFN3O3S2. The van der Waals surface area contributed by atoms with Gasteiger partial charge in [0.05, 0.1) is 16.8 Å². The topological polar surface area (TPSA) is 84.1 Å². The van der Waals surface area contributed by atoms with Gasteiger partial charge in [0.2, 0.25) is 0 Å². The molecule has 2 aromatic heterocycles. The molecule has 2 heterocycles. The average molecular weight is 362 g/mol. The fraction of sp³-hybridized carbons (Fsp3) is 0.0833. The zero-order valence-electron chi connectivity index (χ0n) is 11.1. The van der Waals surface area contributed by atoms with Crippen molar-refractivity contribution in [2.75, 3.05) is 11.8 Å². The largest absolute Gasteiger partial charge is 0.496 e. The molecule has 2 N–H and O–H groups in total. The first-order chi connectivity index (χ1) is 10.4. The Kier molecular flexibility index (Phi) is 3.71. The molecule has 3 rings (SSSR count). The fourth-order valence-electron chi connectivity index (χ4n) is 1.93. The molecular weight excluding hydrogens is 353 g/mol. The summed E-state index contributed by atoms with van der Waals surface area (Å²) in [6.45, 7) is 0. The van der Waals surface area contributed by atoms with E-state index in [4.69, 9.17) is 16.3 Å². The lowest BCUT2D eigenvalue weighted by Gasteiger charge is -2.06. The van der Waals surface area contributed by atoms with Crippen molar-refractivity contribution in [1.82, 2.24) is 10.2 Å². The van der Waals surface area contributed by atoms with Crippen LogP contribution in [-0.2, 0) is 10.0 Å². The Balaban J connectivity index is 2.10. The van der Waals surface area contributed by atoms with E-state index in [1.807, 2.05) is 0 Å². The molecule has 1 aromatic carbocycles. The number of aromatic nitrogens is 2. The van der Waals surface area contributed by atoms with Crippen molar-refractivity contribution in [3.8, 4) is 5.75 Å². The number of nitrogens with one attached hydrogen (secondary N) is 2. The number of benzene rings is 1. The van der Waals surface area contributed by atoms with Gasteiger partial charge in [0.1, 0.15) is 21.3 Å². The smallest absolute Gasteiger partial charge is 0.272 e. The third-order valence-electron chi connectivity index (χ3n) is 2.90. The van der Waals surface area contributed by atoms with E-state index in [1.165, 1.54) is 31.4 Å². The first-order valence-corrected chi connectivity index (χ1v) is 8.59. The molecule has 10 heteroatoms. The van der Waals surface area contributed by atoms with Gasteiger partial charge in [-0.15, -0.1) is 11.3 Å². The zero-order valence-corrected chi connectivity index (χ0v) is 13.4. The number of ether oxygens (including phenoxy) is 1. The molecule has 0 bridgehead atoms. The molecule has 0 saturated heterocycles. The van der Waals surface area contributed by atoms with Crippen LogP contribution in [0.1, 0.15) is 0 Å². The molecule has 0 radical (unpaired) electrons. The molecule has 0 fully saturated rings. The monoisotopic (exact) mass is 361 g/mol. The number of fused-ring (bicyclic) bond motifs is 1. The van der Waals surface area contributed by atoms with Gasteiger partial charge in [0.15, 0.2) is 5.82 Å². The lowest BCUT2D eigenvalue weighted by Crippen LogP contribution is -2.12. The first kappa shape index (κ1) is 15.1. The summed E-state index contributed by atoms with van der Waals surface area (Å²) in [6.07, 6.45) is 0. The number of methoxy groups -OCH3 is 1. The molecule has 0 saturated carbocycles. The molecule has 116 valence electrons. The first-order valence-electron chi connectivity index (χ1n) is 5.91. The van der Waals surface area contributed by atoms with E-state index >= 15 is 0 Å². The van der Waals surface area contributed by atoms with Crippen LogP contribution in [-0.4, -0.2) is 25.7 Å². The molecule has 0 aliphatic heterocycles. The summed E-state index contributed by atoms with van der Waals surface area (Å²) in [6, 6.07) is 5.45. The number of hydrogen-bond donors (Lipinski definition) is 2. The van der Waals surface area contributed by atoms with Crippen LogP contribution in [0.5, 0.6) is 5.75 Å². The number of hydrogen-bond acceptors (Lipinski definition) is 5. The Morgan fingerprint density at radius 2 is 2.14 bits per heavy atom. The maximum Gasteiger partial charge on any atom is 0.272 e. The second-order valence-electron chi connectivity index (χ2n) is 4.24. The fourth-order valence-corrected chi connectivity index (χ4v) is 4.43. The van der Waals surface area contributed by atoms with Crippen molar-refractivity contribution in [2.24, 2.45) is 0 Å². The quantitative estimate of drug-likeness (QED) is 0.747. The predicted octanol–water partition coefficient (Wildman–Crippen LogP) is 3.23. The maximum atomic E-state index is 13.8. The van der Waals surface area contributed by atoms with E-state index in [9.17, 15) is 12.8 Å². The minimum Gasteiger partial charge on any atom is -0.496 e. The van der Waals surface area contributed by atoms with E-state index in [-0.39, 0.29) is 20.9 Å². The molecule has 0 aliphatic carbocycles.